The maximum Gasteiger partial charge on any atom is 0.282 e. The monoisotopic (exact) mass is 335 g/mol. The molecule has 0 radical (unpaired) electrons. The summed E-state index contributed by atoms with van der Waals surface area (Å²) in [7, 11) is 3.15. The number of nitriles is 1. The molecule has 0 aromatic heterocycles. The number of methoxy groups -OCH3 is 2. The Labute approximate surface area is 146 Å². The number of benzene rings is 2. The van der Waals surface area contributed by atoms with Gasteiger partial charge in [-0.05, 0) is 53.6 Å². The van der Waals surface area contributed by atoms with Crippen LogP contribution in [0.5, 0.6) is 11.5 Å². The van der Waals surface area contributed by atoms with Gasteiger partial charge in [0.25, 0.3) is 5.91 Å². The van der Waals surface area contributed by atoms with Gasteiger partial charge in [-0.3, -0.25) is 4.79 Å². The number of nitrogens with one attached hydrogen (secondary N) is 1. The molecule has 0 heterocycles. The molecular formula is C19H17N3O3. The van der Waals surface area contributed by atoms with E-state index in [-0.39, 0.29) is 5.57 Å². The van der Waals surface area contributed by atoms with E-state index in [4.69, 9.17) is 14.7 Å². The van der Waals surface area contributed by atoms with Crippen molar-refractivity contribution < 1.29 is 14.3 Å². The third kappa shape index (κ3) is 5.22. The molecule has 1 N–H and O–H groups in total. The summed E-state index contributed by atoms with van der Waals surface area (Å²) < 4.78 is 10.1. The molecule has 2 rings (SSSR count). The quantitative estimate of drug-likeness (QED) is 0.381. The minimum Gasteiger partial charge on any atom is -0.497 e. The van der Waals surface area contributed by atoms with Crippen LogP contribution in [0.3, 0.4) is 0 Å². The van der Waals surface area contributed by atoms with Gasteiger partial charge in [0.15, 0.2) is 0 Å². The van der Waals surface area contributed by atoms with Crippen molar-refractivity contribution in [3.05, 3.63) is 65.2 Å². The highest BCUT2D eigenvalue weighted by Gasteiger charge is 2.07. The molecule has 0 bridgehead atoms. The van der Waals surface area contributed by atoms with Crippen molar-refractivity contribution in [3.8, 4) is 17.6 Å². The first-order chi connectivity index (χ1) is 12.2. The Morgan fingerprint density at radius 2 is 1.52 bits per heavy atom. The van der Waals surface area contributed by atoms with Crippen molar-refractivity contribution in [2.24, 2.45) is 5.10 Å². The number of ether oxygens (including phenoxy) is 2. The molecule has 2 aromatic rings. The number of rotatable bonds is 6. The van der Waals surface area contributed by atoms with Gasteiger partial charge in [-0.1, -0.05) is 12.1 Å². The number of hydrogen-bond donors (Lipinski definition) is 1. The maximum atomic E-state index is 12.0. The van der Waals surface area contributed by atoms with Crippen molar-refractivity contribution in [2.45, 2.75) is 0 Å². The molecule has 0 aliphatic heterocycles. The Bertz CT molecular complexity index is 816. The normalized spacial score (nSPS) is 11.0. The van der Waals surface area contributed by atoms with Crippen molar-refractivity contribution in [3.63, 3.8) is 0 Å². The highest BCUT2D eigenvalue weighted by molar-refractivity contribution is 6.02. The Morgan fingerprint density at radius 3 is 2.00 bits per heavy atom. The Morgan fingerprint density at radius 1 is 1.00 bits per heavy atom. The smallest absolute Gasteiger partial charge is 0.282 e. The van der Waals surface area contributed by atoms with Crippen LogP contribution in [0.1, 0.15) is 11.1 Å². The predicted molar refractivity (Wildman–Crippen MR) is 95.3 cm³/mol. The number of carbonyl (C=O) groups is 1. The van der Waals surface area contributed by atoms with Crippen LogP contribution < -0.4 is 14.9 Å². The highest BCUT2D eigenvalue weighted by atomic mass is 16.5. The van der Waals surface area contributed by atoms with Gasteiger partial charge in [0, 0.05) is 0 Å². The summed E-state index contributed by atoms with van der Waals surface area (Å²) in [5.74, 6) is 0.850. The lowest BCUT2D eigenvalue weighted by Crippen LogP contribution is -2.19. The second-order valence-corrected chi connectivity index (χ2v) is 4.92. The van der Waals surface area contributed by atoms with E-state index in [9.17, 15) is 4.79 Å². The van der Waals surface area contributed by atoms with Crippen molar-refractivity contribution in [1.29, 1.82) is 5.26 Å². The summed E-state index contributed by atoms with van der Waals surface area (Å²) in [5.41, 5.74) is 3.80. The first-order valence-electron chi connectivity index (χ1n) is 7.39. The molecule has 126 valence electrons. The zero-order valence-corrected chi connectivity index (χ0v) is 13.9. The molecule has 1 amide bonds. The Balaban J connectivity index is 2.02. The van der Waals surface area contributed by atoms with Gasteiger partial charge < -0.3 is 9.47 Å². The molecule has 0 saturated heterocycles. The van der Waals surface area contributed by atoms with Gasteiger partial charge in [0.05, 0.1) is 20.4 Å². The van der Waals surface area contributed by atoms with E-state index in [1.165, 1.54) is 12.3 Å². The average molecular weight is 335 g/mol. The molecule has 25 heavy (non-hydrogen) atoms. The minimum atomic E-state index is -0.580. The second kappa shape index (κ2) is 8.89. The number of carbonyl (C=O) groups excluding carboxylic acids is 1. The van der Waals surface area contributed by atoms with Crippen LogP contribution in [0, 0.1) is 11.3 Å². The van der Waals surface area contributed by atoms with Gasteiger partial charge in [-0.2, -0.15) is 10.4 Å². The molecule has 2 aromatic carbocycles. The number of nitrogens with zero attached hydrogens (tertiary/aromatic N) is 2. The SMILES string of the molecule is COc1ccc(C=NNC(=O)C(C#N)=Cc2ccc(OC)cc2)cc1. The van der Waals surface area contributed by atoms with Crippen LogP contribution >= 0.6 is 0 Å². The van der Waals surface area contributed by atoms with Crippen molar-refractivity contribution in [2.75, 3.05) is 14.2 Å². The molecule has 0 spiro atoms. The highest BCUT2D eigenvalue weighted by Crippen LogP contribution is 2.14. The lowest BCUT2D eigenvalue weighted by Gasteiger charge is -2.01. The van der Waals surface area contributed by atoms with Crippen LogP contribution in [0.25, 0.3) is 6.08 Å². The molecule has 0 aliphatic rings. The zero-order chi connectivity index (χ0) is 18.1. The molecule has 6 nitrogen and oxygen atoms in total. The number of amides is 1. The fourth-order valence-corrected chi connectivity index (χ4v) is 1.93. The standard InChI is InChI=1S/C19H17N3O3/c1-24-17-7-3-14(4-8-17)11-16(12-20)19(23)22-21-13-15-5-9-18(25-2)10-6-15/h3-11,13H,1-2H3,(H,22,23). The second-order valence-electron chi connectivity index (χ2n) is 4.92. The predicted octanol–water partition coefficient (Wildman–Crippen LogP) is 2.76. The van der Waals surface area contributed by atoms with E-state index in [0.717, 1.165) is 11.3 Å². The molecule has 0 atom stereocenters. The van der Waals surface area contributed by atoms with Crippen molar-refractivity contribution in [1.82, 2.24) is 5.43 Å². The average Bonchev–Trinajstić information content (AvgIpc) is 2.67. The minimum absolute atomic E-state index is 0.0444. The molecule has 0 unspecified atom stereocenters. The fraction of sp³-hybridized carbons (Fsp3) is 0.105. The summed E-state index contributed by atoms with van der Waals surface area (Å²) in [6, 6.07) is 16.0. The lowest BCUT2D eigenvalue weighted by molar-refractivity contribution is -0.117. The third-order valence-electron chi connectivity index (χ3n) is 3.29. The van der Waals surface area contributed by atoms with Gasteiger partial charge in [0.2, 0.25) is 0 Å². The Hall–Kier alpha value is -3.59. The van der Waals surface area contributed by atoms with E-state index in [1.807, 2.05) is 6.07 Å². The zero-order valence-electron chi connectivity index (χ0n) is 13.9. The van der Waals surface area contributed by atoms with Crippen LogP contribution in [0.2, 0.25) is 0 Å². The van der Waals surface area contributed by atoms with Crippen molar-refractivity contribution >= 4 is 18.2 Å². The molecule has 0 aliphatic carbocycles. The van der Waals surface area contributed by atoms with Gasteiger partial charge in [-0.25, -0.2) is 5.43 Å². The van der Waals surface area contributed by atoms with Gasteiger partial charge in [0.1, 0.15) is 23.1 Å². The fourth-order valence-electron chi connectivity index (χ4n) is 1.93. The molecule has 0 fully saturated rings. The van der Waals surface area contributed by atoms with E-state index >= 15 is 0 Å². The summed E-state index contributed by atoms with van der Waals surface area (Å²) in [4.78, 5) is 12.0. The van der Waals surface area contributed by atoms with E-state index < -0.39 is 5.91 Å². The van der Waals surface area contributed by atoms with Crippen LogP contribution in [0.4, 0.5) is 0 Å². The Kier molecular flexibility index (Phi) is 6.32. The summed E-state index contributed by atoms with van der Waals surface area (Å²) >= 11 is 0. The van der Waals surface area contributed by atoms with E-state index in [0.29, 0.717) is 11.3 Å². The molecule has 6 heteroatoms. The van der Waals surface area contributed by atoms with Crippen LogP contribution in [-0.2, 0) is 4.79 Å². The number of hydrogen-bond acceptors (Lipinski definition) is 5. The topological polar surface area (TPSA) is 83.7 Å². The molecule has 0 saturated carbocycles. The largest absolute Gasteiger partial charge is 0.497 e. The summed E-state index contributed by atoms with van der Waals surface area (Å²) in [5, 5.41) is 13.0. The van der Waals surface area contributed by atoms with Crippen LogP contribution in [0.15, 0.2) is 59.2 Å². The van der Waals surface area contributed by atoms with Gasteiger partial charge in [-0.15, -0.1) is 0 Å². The molecular weight excluding hydrogens is 318 g/mol. The summed E-state index contributed by atoms with van der Waals surface area (Å²) in [6.45, 7) is 0. The van der Waals surface area contributed by atoms with Crippen LogP contribution in [-0.4, -0.2) is 26.3 Å². The van der Waals surface area contributed by atoms with E-state index in [1.54, 1.807) is 62.8 Å². The third-order valence-corrected chi connectivity index (χ3v) is 3.29. The maximum absolute atomic E-state index is 12.0. The number of hydrazone groups is 1. The lowest BCUT2D eigenvalue weighted by atomic mass is 10.1. The first kappa shape index (κ1) is 17.8. The van der Waals surface area contributed by atoms with E-state index in [2.05, 4.69) is 10.5 Å². The van der Waals surface area contributed by atoms with Gasteiger partial charge >= 0.3 is 0 Å². The first-order valence-corrected chi connectivity index (χ1v) is 7.39. The summed E-state index contributed by atoms with van der Waals surface area (Å²) in [6.07, 6.45) is 2.97.